The van der Waals surface area contributed by atoms with Crippen molar-refractivity contribution in [3.63, 3.8) is 0 Å². The Bertz CT molecular complexity index is 1110. The van der Waals surface area contributed by atoms with E-state index in [1.165, 1.54) is 12.5 Å². The van der Waals surface area contributed by atoms with Crippen molar-refractivity contribution >= 4 is 11.8 Å². The largest absolute Gasteiger partial charge is 0.472 e. The van der Waals surface area contributed by atoms with Crippen molar-refractivity contribution in [3.05, 3.63) is 70.9 Å². The number of aromatic nitrogens is 2. The summed E-state index contributed by atoms with van der Waals surface area (Å²) >= 11 is 0. The van der Waals surface area contributed by atoms with Gasteiger partial charge in [-0.25, -0.2) is 4.68 Å². The number of carbonyl (C=O) groups excluding carboxylic acids is 2. The summed E-state index contributed by atoms with van der Waals surface area (Å²) in [6, 6.07) is 9.86. The first kappa shape index (κ1) is 19.6. The number of nitrogens with zero attached hydrogens (tertiary/aromatic N) is 3. The highest BCUT2D eigenvalue weighted by atomic mass is 16.3. The fourth-order valence-electron chi connectivity index (χ4n) is 4.67. The minimum absolute atomic E-state index is 0.0201. The van der Waals surface area contributed by atoms with Crippen LogP contribution in [-0.2, 0) is 12.8 Å². The van der Waals surface area contributed by atoms with Gasteiger partial charge in [0.05, 0.1) is 17.5 Å². The lowest BCUT2D eigenvalue weighted by molar-refractivity contribution is 0.0697. The molecular formula is C24H26N4O3. The van der Waals surface area contributed by atoms with E-state index in [1.54, 1.807) is 6.07 Å². The lowest BCUT2D eigenvalue weighted by atomic mass is 10.0. The molecule has 160 valence electrons. The van der Waals surface area contributed by atoms with Crippen molar-refractivity contribution in [2.75, 3.05) is 13.1 Å². The topological polar surface area (TPSA) is 80.4 Å². The van der Waals surface area contributed by atoms with Crippen LogP contribution in [0.3, 0.4) is 0 Å². The number of nitrogens with one attached hydrogen (secondary N) is 1. The highest BCUT2D eigenvalue weighted by Crippen LogP contribution is 2.29. The molecule has 0 spiro atoms. The van der Waals surface area contributed by atoms with Gasteiger partial charge in [-0.15, -0.1) is 0 Å². The van der Waals surface area contributed by atoms with Crippen molar-refractivity contribution in [2.45, 2.75) is 45.1 Å². The monoisotopic (exact) mass is 418 g/mol. The number of piperidine rings is 1. The van der Waals surface area contributed by atoms with Crippen LogP contribution >= 0.6 is 0 Å². The van der Waals surface area contributed by atoms with Gasteiger partial charge in [-0.3, -0.25) is 9.59 Å². The van der Waals surface area contributed by atoms with E-state index in [-0.39, 0.29) is 17.9 Å². The van der Waals surface area contributed by atoms with Gasteiger partial charge in [0.2, 0.25) is 0 Å². The average molecular weight is 418 g/mol. The third-order valence-electron chi connectivity index (χ3n) is 6.37. The van der Waals surface area contributed by atoms with Crippen LogP contribution in [-0.4, -0.2) is 45.6 Å². The van der Waals surface area contributed by atoms with Crippen LogP contribution in [0.1, 0.15) is 56.9 Å². The van der Waals surface area contributed by atoms with E-state index in [2.05, 4.69) is 24.4 Å². The second kappa shape index (κ2) is 8.06. The SMILES string of the molecule is Cc1ccccc1-n1nc(C(=O)NC2CCN(C(=O)c3ccoc3)CC2)c2c1CCC2. The number of benzene rings is 1. The van der Waals surface area contributed by atoms with Crippen molar-refractivity contribution in [1.82, 2.24) is 20.0 Å². The number of likely N-dealkylation sites (tertiary alicyclic amines) is 1. The fourth-order valence-corrected chi connectivity index (χ4v) is 4.67. The molecule has 31 heavy (non-hydrogen) atoms. The molecule has 1 saturated heterocycles. The Hall–Kier alpha value is -3.35. The smallest absolute Gasteiger partial charge is 0.272 e. The highest BCUT2D eigenvalue weighted by molar-refractivity contribution is 5.95. The first-order valence-corrected chi connectivity index (χ1v) is 10.9. The van der Waals surface area contributed by atoms with Crippen molar-refractivity contribution in [3.8, 4) is 5.69 Å². The summed E-state index contributed by atoms with van der Waals surface area (Å²) in [5.74, 6) is -0.126. The predicted octanol–water partition coefficient (Wildman–Crippen LogP) is 3.30. The summed E-state index contributed by atoms with van der Waals surface area (Å²) in [6.45, 7) is 3.30. The standard InChI is InChI=1S/C24H26N4O3/c1-16-5-2-3-7-20(16)28-21-8-4-6-19(21)22(26-28)23(29)25-18-9-12-27(13-10-18)24(30)17-11-14-31-15-17/h2-3,5,7,11,14-15,18H,4,6,8-10,12-13H2,1H3,(H,25,29). The number of hydrogen-bond acceptors (Lipinski definition) is 4. The van der Waals surface area contributed by atoms with Crippen molar-refractivity contribution in [1.29, 1.82) is 0 Å². The summed E-state index contributed by atoms with van der Waals surface area (Å²) < 4.78 is 6.97. The molecule has 0 unspecified atom stereocenters. The summed E-state index contributed by atoms with van der Waals surface area (Å²) in [6.07, 6.45) is 7.33. The number of carbonyl (C=O) groups is 2. The summed E-state index contributed by atoms with van der Waals surface area (Å²) in [4.78, 5) is 27.4. The second-order valence-corrected chi connectivity index (χ2v) is 8.38. The zero-order valence-electron chi connectivity index (χ0n) is 17.6. The predicted molar refractivity (Wildman–Crippen MR) is 115 cm³/mol. The molecule has 0 atom stereocenters. The van der Waals surface area contributed by atoms with E-state index in [4.69, 9.17) is 9.52 Å². The lowest BCUT2D eigenvalue weighted by Crippen LogP contribution is -2.46. The normalized spacial score (nSPS) is 16.4. The second-order valence-electron chi connectivity index (χ2n) is 8.38. The number of rotatable bonds is 4. The van der Waals surface area contributed by atoms with Crippen LogP contribution in [0.2, 0.25) is 0 Å². The molecule has 2 aromatic heterocycles. The number of amides is 2. The maximum Gasteiger partial charge on any atom is 0.272 e. The quantitative estimate of drug-likeness (QED) is 0.705. The number of aryl methyl sites for hydroxylation is 1. The molecule has 2 amide bonds. The van der Waals surface area contributed by atoms with Gasteiger partial charge in [-0.2, -0.15) is 5.10 Å². The summed E-state index contributed by atoms with van der Waals surface area (Å²) in [5, 5.41) is 7.90. The molecule has 3 heterocycles. The van der Waals surface area contributed by atoms with E-state index in [0.29, 0.717) is 24.3 Å². The molecule has 1 N–H and O–H groups in total. The highest BCUT2D eigenvalue weighted by Gasteiger charge is 2.30. The number of hydrogen-bond donors (Lipinski definition) is 1. The van der Waals surface area contributed by atoms with E-state index in [9.17, 15) is 9.59 Å². The number of para-hydroxylation sites is 1. The maximum absolute atomic E-state index is 13.1. The van der Waals surface area contributed by atoms with Crippen LogP contribution in [0.25, 0.3) is 5.69 Å². The Morgan fingerprint density at radius 1 is 1.13 bits per heavy atom. The maximum atomic E-state index is 13.1. The van der Waals surface area contributed by atoms with Gasteiger partial charge >= 0.3 is 0 Å². The molecule has 1 aliphatic heterocycles. The molecule has 5 rings (SSSR count). The van der Waals surface area contributed by atoms with E-state index >= 15 is 0 Å². The molecule has 2 aliphatic rings. The molecule has 0 saturated carbocycles. The molecule has 0 bridgehead atoms. The Morgan fingerprint density at radius 2 is 1.94 bits per heavy atom. The van der Waals surface area contributed by atoms with Crippen LogP contribution < -0.4 is 5.32 Å². The first-order chi connectivity index (χ1) is 15.1. The minimum atomic E-state index is -0.106. The zero-order chi connectivity index (χ0) is 21.4. The van der Waals surface area contributed by atoms with E-state index in [1.807, 2.05) is 21.7 Å². The summed E-state index contributed by atoms with van der Waals surface area (Å²) in [5.41, 5.74) is 5.52. The third-order valence-corrected chi connectivity index (χ3v) is 6.37. The molecule has 1 aliphatic carbocycles. The Kier molecular flexibility index (Phi) is 5.10. The van der Waals surface area contributed by atoms with Gasteiger partial charge in [-0.1, -0.05) is 18.2 Å². The van der Waals surface area contributed by atoms with Crippen LogP contribution in [0.15, 0.2) is 47.3 Å². The van der Waals surface area contributed by atoms with Gasteiger partial charge in [0.15, 0.2) is 5.69 Å². The molecule has 0 radical (unpaired) electrons. The van der Waals surface area contributed by atoms with E-state index < -0.39 is 0 Å². The van der Waals surface area contributed by atoms with Gasteiger partial charge in [0.1, 0.15) is 6.26 Å². The average Bonchev–Trinajstić information content (AvgIpc) is 3.52. The van der Waals surface area contributed by atoms with Gasteiger partial charge in [0, 0.05) is 30.4 Å². The number of furan rings is 1. The van der Waals surface area contributed by atoms with Crippen LogP contribution in [0.4, 0.5) is 0 Å². The Labute approximate surface area is 181 Å². The molecule has 1 aromatic carbocycles. The first-order valence-electron chi connectivity index (χ1n) is 10.9. The third kappa shape index (κ3) is 3.65. The van der Waals surface area contributed by atoms with E-state index in [0.717, 1.165) is 54.6 Å². The Balaban J connectivity index is 1.28. The van der Waals surface area contributed by atoms with Crippen LogP contribution in [0, 0.1) is 6.92 Å². The molecule has 7 heteroatoms. The molecule has 1 fully saturated rings. The molecule has 3 aromatic rings. The molecular weight excluding hydrogens is 392 g/mol. The number of fused-ring (bicyclic) bond motifs is 1. The van der Waals surface area contributed by atoms with Gasteiger partial charge in [-0.05, 0) is 56.7 Å². The molecule has 7 nitrogen and oxygen atoms in total. The Morgan fingerprint density at radius 3 is 2.68 bits per heavy atom. The lowest BCUT2D eigenvalue weighted by Gasteiger charge is -2.32. The van der Waals surface area contributed by atoms with Gasteiger partial charge in [0.25, 0.3) is 11.8 Å². The van der Waals surface area contributed by atoms with Gasteiger partial charge < -0.3 is 14.6 Å². The summed E-state index contributed by atoms with van der Waals surface area (Å²) in [7, 11) is 0. The minimum Gasteiger partial charge on any atom is -0.472 e. The zero-order valence-corrected chi connectivity index (χ0v) is 17.6. The van der Waals surface area contributed by atoms with Crippen LogP contribution in [0.5, 0.6) is 0 Å². The fraction of sp³-hybridized carbons (Fsp3) is 0.375. The van der Waals surface area contributed by atoms with Crippen molar-refractivity contribution in [2.24, 2.45) is 0 Å². The van der Waals surface area contributed by atoms with Crippen molar-refractivity contribution < 1.29 is 14.0 Å².